The molecule has 1 aliphatic rings. The first kappa shape index (κ1) is 55.4. The van der Waals surface area contributed by atoms with E-state index in [-0.39, 0.29) is 13.0 Å². The second-order valence-corrected chi connectivity index (χ2v) is 18.4. The first-order valence-corrected chi connectivity index (χ1v) is 25.4. The largest absolute Gasteiger partial charge is 0.472 e. The number of ether oxygens (including phenoxy) is 2. The molecule has 1 saturated carbocycles. The van der Waals surface area contributed by atoms with Crippen LogP contribution in [0.15, 0.2) is 0 Å². The molecule has 1 aliphatic carbocycles. The Kier molecular flexibility index (Phi) is 35.3. The van der Waals surface area contributed by atoms with Gasteiger partial charge >= 0.3 is 13.8 Å². The van der Waals surface area contributed by atoms with Crippen LogP contribution < -0.4 is 0 Å². The van der Waals surface area contributed by atoms with Gasteiger partial charge in [0.05, 0.1) is 13.2 Å². The standard InChI is InChI=1S/C45H89O12P/c1-3-5-7-9-11-13-15-17-18-19-20-21-22-23-24-26-28-30-32-34-39(46)56-38(36-54-35-33-31-29-27-25-16-14-12-10-8-6-4-2)37-55-58(52,53)57-45-43(50)41(48)40(47)42(49)44(45)51/h38,40-45,47-51H,3-37H2,1-2H3,(H,52,53). The Morgan fingerprint density at radius 1 is 0.483 bits per heavy atom. The fraction of sp³-hybridized carbons (Fsp3) is 0.978. The summed E-state index contributed by atoms with van der Waals surface area (Å²) in [5.74, 6) is -0.471. The molecule has 58 heavy (non-hydrogen) atoms. The van der Waals surface area contributed by atoms with Crippen LogP contribution in [0.5, 0.6) is 0 Å². The van der Waals surface area contributed by atoms with Crippen molar-refractivity contribution in [3.63, 3.8) is 0 Å². The molecule has 13 heteroatoms. The molecule has 0 aromatic rings. The number of hydrogen-bond acceptors (Lipinski definition) is 11. The molecule has 6 atom stereocenters. The number of carbonyl (C=O) groups is 1. The highest BCUT2D eigenvalue weighted by atomic mass is 31.2. The predicted molar refractivity (Wildman–Crippen MR) is 230 cm³/mol. The summed E-state index contributed by atoms with van der Waals surface area (Å²) in [6, 6.07) is 0. The quantitative estimate of drug-likeness (QED) is 0.0194. The first-order chi connectivity index (χ1) is 28.0. The van der Waals surface area contributed by atoms with E-state index < -0.39 is 63.1 Å². The van der Waals surface area contributed by atoms with Gasteiger partial charge in [0.25, 0.3) is 0 Å². The number of carbonyl (C=O) groups excluding carboxylic acids is 1. The van der Waals surface area contributed by atoms with E-state index in [2.05, 4.69) is 13.8 Å². The number of esters is 1. The summed E-state index contributed by atoms with van der Waals surface area (Å²) in [6.45, 7) is 4.29. The number of phosphoric acid groups is 1. The third kappa shape index (κ3) is 28.8. The summed E-state index contributed by atoms with van der Waals surface area (Å²) in [4.78, 5) is 23.2. The fourth-order valence-corrected chi connectivity index (χ4v) is 8.62. The van der Waals surface area contributed by atoms with Gasteiger partial charge in [-0.15, -0.1) is 0 Å². The molecule has 1 fully saturated rings. The smallest absolute Gasteiger partial charge is 0.457 e. The Hall–Kier alpha value is -0.660. The van der Waals surface area contributed by atoms with Crippen LogP contribution in [0.1, 0.15) is 219 Å². The van der Waals surface area contributed by atoms with Gasteiger partial charge in [-0.25, -0.2) is 4.57 Å². The van der Waals surface area contributed by atoms with Crippen molar-refractivity contribution in [2.24, 2.45) is 0 Å². The van der Waals surface area contributed by atoms with E-state index in [9.17, 15) is 39.8 Å². The Bertz CT molecular complexity index is 973. The van der Waals surface area contributed by atoms with E-state index in [1.165, 1.54) is 154 Å². The summed E-state index contributed by atoms with van der Waals surface area (Å²) in [7, 11) is -5.01. The van der Waals surface area contributed by atoms with Crippen molar-refractivity contribution in [1.82, 2.24) is 0 Å². The zero-order valence-electron chi connectivity index (χ0n) is 36.9. The highest BCUT2D eigenvalue weighted by molar-refractivity contribution is 7.47. The lowest BCUT2D eigenvalue weighted by Gasteiger charge is -2.41. The highest BCUT2D eigenvalue weighted by Gasteiger charge is 2.51. The van der Waals surface area contributed by atoms with Crippen molar-refractivity contribution in [3.05, 3.63) is 0 Å². The van der Waals surface area contributed by atoms with Crippen LogP contribution in [-0.4, -0.2) is 98.9 Å². The van der Waals surface area contributed by atoms with Gasteiger partial charge in [0.2, 0.25) is 0 Å². The molecule has 0 saturated heterocycles. The number of rotatable bonds is 41. The van der Waals surface area contributed by atoms with E-state index >= 15 is 0 Å². The number of hydrogen-bond donors (Lipinski definition) is 6. The van der Waals surface area contributed by atoms with Crippen LogP contribution in [0.25, 0.3) is 0 Å². The summed E-state index contributed by atoms with van der Waals surface area (Å²) >= 11 is 0. The number of aliphatic hydroxyl groups excluding tert-OH is 5. The Morgan fingerprint density at radius 3 is 1.19 bits per heavy atom. The molecule has 0 spiro atoms. The molecule has 0 bridgehead atoms. The van der Waals surface area contributed by atoms with Gasteiger partial charge in [0.1, 0.15) is 42.7 Å². The lowest BCUT2D eigenvalue weighted by molar-refractivity contribution is -0.220. The summed E-state index contributed by atoms with van der Waals surface area (Å²) < 4.78 is 34.2. The molecule has 0 aromatic heterocycles. The van der Waals surface area contributed by atoms with E-state index in [1.54, 1.807) is 0 Å². The molecule has 1 rings (SSSR count). The maximum Gasteiger partial charge on any atom is 0.472 e. The fourth-order valence-electron chi connectivity index (χ4n) is 7.65. The van der Waals surface area contributed by atoms with Gasteiger partial charge in [-0.3, -0.25) is 13.8 Å². The molecule has 346 valence electrons. The SMILES string of the molecule is CCCCCCCCCCCCCCCCCCCCCC(=O)OC(COCCCCCCCCCCCCCC)COP(=O)(O)OC1C(O)C(O)C(O)C(O)C1O. The van der Waals surface area contributed by atoms with E-state index in [1.807, 2.05) is 0 Å². The predicted octanol–water partition coefficient (Wildman–Crippen LogP) is 9.76. The van der Waals surface area contributed by atoms with Crippen molar-refractivity contribution in [3.8, 4) is 0 Å². The third-order valence-corrected chi connectivity index (χ3v) is 12.5. The second-order valence-electron chi connectivity index (χ2n) is 17.0. The number of unbranched alkanes of at least 4 members (excludes halogenated alkanes) is 29. The lowest BCUT2D eigenvalue weighted by Crippen LogP contribution is -2.64. The van der Waals surface area contributed by atoms with Gasteiger partial charge in [-0.2, -0.15) is 0 Å². The minimum atomic E-state index is -5.01. The van der Waals surface area contributed by atoms with Gasteiger partial charge < -0.3 is 39.9 Å². The van der Waals surface area contributed by atoms with Gasteiger partial charge in [-0.1, -0.05) is 200 Å². The monoisotopic (exact) mass is 853 g/mol. The van der Waals surface area contributed by atoms with Crippen molar-refractivity contribution >= 4 is 13.8 Å². The van der Waals surface area contributed by atoms with E-state index in [0.717, 1.165) is 38.5 Å². The van der Waals surface area contributed by atoms with Crippen molar-refractivity contribution in [1.29, 1.82) is 0 Å². The van der Waals surface area contributed by atoms with E-state index in [0.29, 0.717) is 13.0 Å². The van der Waals surface area contributed by atoms with Gasteiger partial charge in [0, 0.05) is 13.0 Å². The molecular weight excluding hydrogens is 763 g/mol. The average Bonchev–Trinajstić information content (AvgIpc) is 3.21. The molecule has 6 unspecified atom stereocenters. The summed E-state index contributed by atoms with van der Waals surface area (Å²) in [5, 5.41) is 50.2. The summed E-state index contributed by atoms with van der Waals surface area (Å²) in [6.07, 6.45) is 26.0. The Labute approximate surface area is 353 Å². The van der Waals surface area contributed by atoms with Crippen LogP contribution in [0.3, 0.4) is 0 Å². The number of phosphoric ester groups is 1. The maximum atomic E-state index is 12.8. The van der Waals surface area contributed by atoms with Crippen molar-refractivity contribution < 1.29 is 58.3 Å². The van der Waals surface area contributed by atoms with Crippen LogP contribution >= 0.6 is 7.82 Å². The van der Waals surface area contributed by atoms with Crippen LogP contribution in [0.4, 0.5) is 0 Å². The lowest BCUT2D eigenvalue weighted by atomic mass is 9.85. The highest BCUT2D eigenvalue weighted by Crippen LogP contribution is 2.47. The maximum absolute atomic E-state index is 12.8. The van der Waals surface area contributed by atoms with Gasteiger partial charge in [-0.05, 0) is 12.8 Å². The normalized spacial score (nSPS) is 22.6. The molecule has 12 nitrogen and oxygen atoms in total. The topological polar surface area (TPSA) is 192 Å². The zero-order valence-corrected chi connectivity index (χ0v) is 37.8. The first-order valence-electron chi connectivity index (χ1n) is 23.9. The van der Waals surface area contributed by atoms with Gasteiger partial charge in [0.15, 0.2) is 0 Å². The average molecular weight is 853 g/mol. The third-order valence-electron chi connectivity index (χ3n) is 11.5. The summed E-state index contributed by atoms with van der Waals surface area (Å²) in [5.41, 5.74) is 0. The van der Waals surface area contributed by atoms with E-state index in [4.69, 9.17) is 18.5 Å². The zero-order chi connectivity index (χ0) is 42.7. The van der Waals surface area contributed by atoms with Crippen LogP contribution in [0.2, 0.25) is 0 Å². The number of aliphatic hydroxyl groups is 5. The molecule has 0 radical (unpaired) electrons. The molecular formula is C45H89O12P. The molecule has 0 heterocycles. The molecule has 0 aromatic carbocycles. The molecule has 0 amide bonds. The Balaban J connectivity index is 2.34. The van der Waals surface area contributed by atoms with Crippen molar-refractivity contribution in [2.75, 3.05) is 19.8 Å². The second kappa shape index (κ2) is 36.9. The minimum absolute atomic E-state index is 0.0682. The van der Waals surface area contributed by atoms with Crippen LogP contribution in [-0.2, 0) is 27.9 Å². The Morgan fingerprint density at radius 2 is 0.810 bits per heavy atom. The van der Waals surface area contributed by atoms with Crippen molar-refractivity contribution in [2.45, 2.75) is 262 Å². The minimum Gasteiger partial charge on any atom is -0.457 e. The molecule has 6 N–H and O–H groups in total. The van der Waals surface area contributed by atoms with Crippen LogP contribution in [0, 0.1) is 0 Å². The molecule has 0 aliphatic heterocycles.